The molecule has 1 atom stereocenters. The third kappa shape index (κ3) is 6.96. The summed E-state index contributed by atoms with van der Waals surface area (Å²) in [5.74, 6) is 2.00. The van der Waals surface area contributed by atoms with Crippen molar-refractivity contribution in [2.24, 2.45) is 5.92 Å². The first-order valence-corrected chi connectivity index (χ1v) is 12.3. The van der Waals surface area contributed by atoms with Crippen molar-refractivity contribution in [2.75, 3.05) is 12.3 Å². The van der Waals surface area contributed by atoms with E-state index in [0.29, 0.717) is 10.8 Å². The number of thiophene rings is 1. The Labute approximate surface area is 174 Å². The van der Waals surface area contributed by atoms with Crippen LogP contribution in [0.4, 0.5) is 0 Å². The Bertz CT molecular complexity index is 665. The highest BCUT2D eigenvalue weighted by Crippen LogP contribution is 2.37. The third-order valence-corrected chi connectivity index (χ3v) is 7.78. The van der Waals surface area contributed by atoms with Crippen molar-refractivity contribution >= 4 is 23.1 Å². The van der Waals surface area contributed by atoms with Crippen LogP contribution >= 0.6 is 23.1 Å². The maximum absolute atomic E-state index is 3.95. The van der Waals surface area contributed by atoms with Crippen molar-refractivity contribution in [2.45, 2.75) is 70.1 Å². The molecule has 3 rings (SSSR count). The van der Waals surface area contributed by atoms with Crippen molar-refractivity contribution in [3.63, 3.8) is 0 Å². The molecule has 0 spiro atoms. The van der Waals surface area contributed by atoms with Gasteiger partial charge in [0.05, 0.1) is 0 Å². The van der Waals surface area contributed by atoms with Gasteiger partial charge in [0.2, 0.25) is 0 Å². The minimum absolute atomic E-state index is 0.355. The molecule has 0 radical (unpaired) electrons. The molecule has 1 aromatic carbocycles. The van der Waals surface area contributed by atoms with Crippen LogP contribution in [0.5, 0.6) is 0 Å². The Morgan fingerprint density at radius 2 is 1.78 bits per heavy atom. The average Bonchev–Trinajstić information content (AvgIpc) is 3.10. The summed E-state index contributed by atoms with van der Waals surface area (Å²) in [6.07, 6.45) is 8.06. The highest BCUT2D eigenvalue weighted by molar-refractivity contribution is 8.00. The minimum Gasteiger partial charge on any atom is -0.308 e. The lowest BCUT2D eigenvalue weighted by molar-refractivity contribution is 0.277. The van der Waals surface area contributed by atoms with Crippen molar-refractivity contribution in [1.82, 2.24) is 5.32 Å². The van der Waals surface area contributed by atoms with Gasteiger partial charge >= 0.3 is 0 Å². The lowest BCUT2D eigenvalue weighted by Crippen LogP contribution is -2.31. The number of benzene rings is 1. The molecule has 0 saturated heterocycles. The maximum Gasteiger partial charge on any atom is 0.0443 e. The van der Waals surface area contributed by atoms with Crippen LogP contribution in [0.15, 0.2) is 42.5 Å². The van der Waals surface area contributed by atoms with E-state index in [-0.39, 0.29) is 0 Å². The van der Waals surface area contributed by atoms with Gasteiger partial charge in [0.25, 0.3) is 0 Å². The second-order valence-corrected chi connectivity index (χ2v) is 11.9. The zero-order chi connectivity index (χ0) is 19.1. The van der Waals surface area contributed by atoms with Gasteiger partial charge in [-0.3, -0.25) is 0 Å². The molecular formula is C24H35NS2. The van der Waals surface area contributed by atoms with Crippen molar-refractivity contribution in [1.29, 1.82) is 0 Å². The quantitative estimate of drug-likeness (QED) is 0.474. The lowest BCUT2D eigenvalue weighted by atomic mass is 9.83. The van der Waals surface area contributed by atoms with E-state index in [1.54, 1.807) is 4.88 Å². The number of rotatable bonds is 8. The highest BCUT2D eigenvalue weighted by Gasteiger charge is 2.26. The molecule has 148 valence electrons. The second kappa shape index (κ2) is 10.1. The van der Waals surface area contributed by atoms with Crippen molar-refractivity contribution in [3.05, 3.63) is 57.8 Å². The maximum atomic E-state index is 3.95. The van der Waals surface area contributed by atoms with Gasteiger partial charge in [0, 0.05) is 39.3 Å². The Kier molecular flexibility index (Phi) is 7.86. The molecule has 0 aliphatic heterocycles. The number of hydrogen-bond acceptors (Lipinski definition) is 3. The summed E-state index contributed by atoms with van der Waals surface area (Å²) in [5, 5.41) is 3.95. The van der Waals surface area contributed by atoms with E-state index in [1.165, 1.54) is 48.3 Å². The van der Waals surface area contributed by atoms with Crippen LogP contribution in [-0.2, 0) is 6.42 Å². The van der Waals surface area contributed by atoms with E-state index in [0.717, 1.165) is 18.9 Å². The second-order valence-electron chi connectivity index (χ2n) is 8.76. The minimum atomic E-state index is 0.355. The zero-order valence-corrected chi connectivity index (χ0v) is 18.8. The topological polar surface area (TPSA) is 12.0 Å². The molecule has 1 nitrogen and oxygen atoms in total. The predicted molar refractivity (Wildman–Crippen MR) is 123 cm³/mol. The summed E-state index contributed by atoms with van der Waals surface area (Å²) >= 11 is 4.09. The van der Waals surface area contributed by atoms with Crippen LogP contribution < -0.4 is 5.32 Å². The van der Waals surface area contributed by atoms with E-state index in [2.05, 4.69) is 80.3 Å². The summed E-state index contributed by atoms with van der Waals surface area (Å²) in [6.45, 7) is 8.04. The standard InChI is InChI=1S/C24H35NS2/c1-24(2,3)26-17-16-25-23(20-12-8-5-9-13-20)22-15-14-21(27-22)18-19-10-6-4-7-11-19/h4,6-7,10-11,14-15,20,23,25H,5,8-9,12-13,16-18H2,1-3H3. The molecule has 1 aliphatic rings. The molecule has 1 aliphatic carbocycles. The van der Waals surface area contributed by atoms with E-state index in [4.69, 9.17) is 0 Å². The number of thioether (sulfide) groups is 1. The fourth-order valence-electron chi connectivity index (χ4n) is 3.99. The highest BCUT2D eigenvalue weighted by atomic mass is 32.2. The van der Waals surface area contributed by atoms with Gasteiger partial charge < -0.3 is 5.32 Å². The third-order valence-electron chi connectivity index (χ3n) is 5.33. The molecule has 2 aromatic rings. The molecule has 1 N–H and O–H groups in total. The van der Waals surface area contributed by atoms with E-state index >= 15 is 0 Å². The van der Waals surface area contributed by atoms with E-state index < -0.39 is 0 Å². The van der Waals surface area contributed by atoms with Crippen molar-refractivity contribution in [3.8, 4) is 0 Å². The molecule has 1 aromatic heterocycles. The van der Waals surface area contributed by atoms with Gasteiger partial charge in [-0.05, 0) is 36.5 Å². The molecular weight excluding hydrogens is 366 g/mol. The lowest BCUT2D eigenvalue weighted by Gasteiger charge is -2.31. The Morgan fingerprint density at radius 1 is 1.04 bits per heavy atom. The van der Waals surface area contributed by atoms with Crippen LogP contribution in [-0.4, -0.2) is 17.0 Å². The molecule has 1 saturated carbocycles. The fraction of sp³-hybridized carbons (Fsp3) is 0.583. The normalized spacial score (nSPS) is 17.1. The largest absolute Gasteiger partial charge is 0.308 e. The molecule has 0 bridgehead atoms. The summed E-state index contributed by atoms with van der Waals surface area (Å²) in [7, 11) is 0. The summed E-state index contributed by atoms with van der Waals surface area (Å²) in [4.78, 5) is 3.04. The van der Waals surface area contributed by atoms with Crippen LogP contribution in [0, 0.1) is 5.92 Å². The first-order chi connectivity index (χ1) is 13.0. The Morgan fingerprint density at radius 3 is 2.48 bits per heavy atom. The molecule has 1 fully saturated rings. The van der Waals surface area contributed by atoms with Crippen LogP contribution in [0.2, 0.25) is 0 Å². The first-order valence-electron chi connectivity index (χ1n) is 10.5. The van der Waals surface area contributed by atoms with Gasteiger partial charge in [-0.2, -0.15) is 11.8 Å². The van der Waals surface area contributed by atoms with Crippen LogP contribution in [0.1, 0.15) is 74.2 Å². The Balaban J connectivity index is 1.64. The van der Waals surface area contributed by atoms with E-state index in [1.807, 2.05) is 11.3 Å². The smallest absolute Gasteiger partial charge is 0.0443 e. The van der Waals surface area contributed by atoms with E-state index in [9.17, 15) is 0 Å². The van der Waals surface area contributed by atoms with Gasteiger partial charge in [0.15, 0.2) is 0 Å². The average molecular weight is 402 g/mol. The monoisotopic (exact) mass is 401 g/mol. The summed E-state index contributed by atoms with van der Waals surface area (Å²) in [6, 6.07) is 16.1. The SMILES string of the molecule is CC(C)(C)SCCNC(c1ccc(Cc2ccccc2)s1)C1CCCCC1. The summed E-state index contributed by atoms with van der Waals surface area (Å²) < 4.78 is 0.355. The molecule has 27 heavy (non-hydrogen) atoms. The fourth-order valence-corrected chi connectivity index (χ4v) is 6.04. The summed E-state index contributed by atoms with van der Waals surface area (Å²) in [5.41, 5.74) is 1.41. The number of hydrogen-bond donors (Lipinski definition) is 1. The molecule has 1 heterocycles. The van der Waals surface area contributed by atoms with Crippen LogP contribution in [0.3, 0.4) is 0 Å². The van der Waals surface area contributed by atoms with Gasteiger partial charge in [-0.1, -0.05) is 70.4 Å². The first kappa shape index (κ1) is 21.0. The zero-order valence-electron chi connectivity index (χ0n) is 17.2. The molecule has 3 heteroatoms. The molecule has 1 unspecified atom stereocenters. The van der Waals surface area contributed by atoms with Gasteiger partial charge in [0.1, 0.15) is 0 Å². The van der Waals surface area contributed by atoms with Gasteiger partial charge in [-0.15, -0.1) is 11.3 Å². The van der Waals surface area contributed by atoms with Crippen molar-refractivity contribution < 1.29 is 0 Å². The predicted octanol–water partition coefficient (Wildman–Crippen LogP) is 7.08. The van der Waals surface area contributed by atoms with Crippen LogP contribution in [0.25, 0.3) is 0 Å². The van der Waals surface area contributed by atoms with Gasteiger partial charge in [-0.25, -0.2) is 0 Å². The number of nitrogens with one attached hydrogen (secondary N) is 1. The Hall–Kier alpha value is -0.770. The molecule has 0 amide bonds.